The van der Waals surface area contributed by atoms with Crippen LogP contribution in [0.3, 0.4) is 0 Å². The Morgan fingerprint density at radius 3 is 2.67 bits per heavy atom. The molecular formula is C8H8F2N2OS2. The molecule has 0 fully saturated rings. The zero-order valence-electron chi connectivity index (χ0n) is 8.03. The molecule has 0 N–H and O–H groups in total. The highest BCUT2D eigenvalue weighted by atomic mass is 32.2. The molecule has 0 radical (unpaired) electrons. The van der Waals surface area contributed by atoms with E-state index in [1.807, 2.05) is 6.07 Å². The fourth-order valence-corrected chi connectivity index (χ4v) is 2.26. The van der Waals surface area contributed by atoms with Gasteiger partial charge in [-0.1, -0.05) is 0 Å². The third-order valence-corrected chi connectivity index (χ3v) is 3.02. The fourth-order valence-electron chi connectivity index (χ4n) is 0.820. The van der Waals surface area contributed by atoms with E-state index in [0.717, 1.165) is 11.5 Å². The first-order chi connectivity index (χ1) is 7.04. The average Bonchev–Trinajstić information content (AvgIpc) is 2.45. The lowest BCUT2D eigenvalue weighted by Gasteiger charge is -2.05. The van der Waals surface area contributed by atoms with Crippen LogP contribution in [0.1, 0.15) is 19.4 Å². The monoisotopic (exact) mass is 250 g/mol. The Balaban J connectivity index is 2.91. The van der Waals surface area contributed by atoms with Crippen LogP contribution in [0.15, 0.2) is 4.21 Å². The molecule has 0 spiro atoms. The van der Waals surface area contributed by atoms with E-state index in [1.54, 1.807) is 13.8 Å². The van der Waals surface area contributed by atoms with E-state index >= 15 is 0 Å². The van der Waals surface area contributed by atoms with Gasteiger partial charge >= 0.3 is 0 Å². The van der Waals surface area contributed by atoms with Crippen LogP contribution in [-0.2, 0) is 0 Å². The third kappa shape index (κ3) is 3.32. The minimum Gasteiger partial charge on any atom is -0.473 e. The van der Waals surface area contributed by atoms with Gasteiger partial charge in [-0.2, -0.15) is 18.4 Å². The van der Waals surface area contributed by atoms with Crippen molar-refractivity contribution in [3.8, 4) is 11.9 Å². The van der Waals surface area contributed by atoms with Crippen molar-refractivity contribution in [3.05, 3.63) is 5.56 Å². The molecule has 0 aliphatic rings. The third-order valence-electron chi connectivity index (χ3n) is 1.28. The van der Waals surface area contributed by atoms with E-state index < -0.39 is 5.76 Å². The van der Waals surface area contributed by atoms with Crippen molar-refractivity contribution < 1.29 is 13.5 Å². The minimum absolute atomic E-state index is 0.0963. The van der Waals surface area contributed by atoms with Crippen molar-refractivity contribution in [3.63, 3.8) is 0 Å². The highest BCUT2D eigenvalue weighted by molar-refractivity contribution is 8.01. The number of alkyl halides is 2. The number of thioether (sulfide) groups is 1. The summed E-state index contributed by atoms with van der Waals surface area (Å²) in [7, 11) is 0. The Labute approximate surface area is 94.2 Å². The Bertz CT molecular complexity index is 346. The van der Waals surface area contributed by atoms with Gasteiger partial charge < -0.3 is 4.74 Å². The molecule has 0 unspecified atom stereocenters. The first-order valence-electron chi connectivity index (χ1n) is 4.05. The number of nitriles is 1. The van der Waals surface area contributed by atoms with Crippen LogP contribution in [0.2, 0.25) is 0 Å². The average molecular weight is 250 g/mol. The van der Waals surface area contributed by atoms with Gasteiger partial charge in [0.1, 0.15) is 15.8 Å². The Hall–Kier alpha value is -0.870. The normalized spacial score (nSPS) is 10.7. The smallest absolute Gasteiger partial charge is 0.289 e. The predicted octanol–water partition coefficient (Wildman–Crippen LogP) is 3.12. The molecule has 0 aliphatic heterocycles. The van der Waals surface area contributed by atoms with Gasteiger partial charge in [0.25, 0.3) is 5.76 Å². The molecule has 3 nitrogen and oxygen atoms in total. The first-order valence-corrected chi connectivity index (χ1v) is 5.71. The van der Waals surface area contributed by atoms with E-state index in [-0.39, 0.29) is 21.8 Å². The predicted molar refractivity (Wildman–Crippen MR) is 54.5 cm³/mol. The zero-order valence-corrected chi connectivity index (χ0v) is 9.66. The molecule has 1 aromatic heterocycles. The molecule has 15 heavy (non-hydrogen) atoms. The van der Waals surface area contributed by atoms with Gasteiger partial charge in [0.05, 0.1) is 6.10 Å². The van der Waals surface area contributed by atoms with E-state index in [9.17, 15) is 8.78 Å². The van der Waals surface area contributed by atoms with Gasteiger partial charge in [-0.25, -0.2) is 0 Å². The molecule has 0 saturated heterocycles. The number of halogens is 2. The lowest BCUT2D eigenvalue weighted by molar-refractivity contribution is 0.234. The summed E-state index contributed by atoms with van der Waals surface area (Å²) in [5, 5.41) is 8.79. The van der Waals surface area contributed by atoms with Gasteiger partial charge in [-0.05, 0) is 37.1 Å². The maximum absolute atomic E-state index is 12.1. The summed E-state index contributed by atoms with van der Waals surface area (Å²) in [6.07, 6.45) is -0.136. The Morgan fingerprint density at radius 2 is 2.20 bits per heavy atom. The van der Waals surface area contributed by atoms with Crippen LogP contribution >= 0.6 is 23.3 Å². The van der Waals surface area contributed by atoms with Crippen LogP contribution in [-0.4, -0.2) is 16.2 Å². The van der Waals surface area contributed by atoms with Crippen molar-refractivity contribution in [2.24, 2.45) is 0 Å². The first kappa shape index (κ1) is 12.2. The van der Waals surface area contributed by atoms with Crippen molar-refractivity contribution in [1.82, 2.24) is 4.37 Å². The molecule has 82 valence electrons. The molecule has 1 rings (SSSR count). The lowest BCUT2D eigenvalue weighted by Crippen LogP contribution is -2.06. The number of rotatable bonds is 4. The molecule has 0 saturated carbocycles. The summed E-state index contributed by atoms with van der Waals surface area (Å²) in [6, 6.07) is 1.82. The van der Waals surface area contributed by atoms with Crippen molar-refractivity contribution in [1.29, 1.82) is 5.26 Å². The number of nitrogens with zero attached hydrogens (tertiary/aromatic N) is 2. The molecular weight excluding hydrogens is 242 g/mol. The Kier molecular flexibility index (Phi) is 4.29. The van der Waals surface area contributed by atoms with E-state index in [4.69, 9.17) is 10.00 Å². The van der Waals surface area contributed by atoms with E-state index in [1.165, 1.54) is 0 Å². The Morgan fingerprint density at radius 1 is 1.53 bits per heavy atom. The minimum atomic E-state index is -2.55. The summed E-state index contributed by atoms with van der Waals surface area (Å²) in [6.45, 7) is 3.56. The summed E-state index contributed by atoms with van der Waals surface area (Å²) in [5.41, 5.74) is 0.0963. The fraction of sp³-hybridized carbons (Fsp3) is 0.500. The topological polar surface area (TPSA) is 45.9 Å². The van der Waals surface area contributed by atoms with Crippen molar-refractivity contribution >= 4 is 23.3 Å². The van der Waals surface area contributed by atoms with Crippen LogP contribution in [0.5, 0.6) is 5.88 Å². The van der Waals surface area contributed by atoms with Crippen molar-refractivity contribution in [2.45, 2.75) is 29.9 Å². The van der Waals surface area contributed by atoms with Crippen LogP contribution in [0, 0.1) is 11.3 Å². The summed E-state index contributed by atoms with van der Waals surface area (Å²) >= 11 is 1.17. The largest absolute Gasteiger partial charge is 0.473 e. The molecule has 0 bridgehead atoms. The summed E-state index contributed by atoms with van der Waals surface area (Å²) in [5.74, 6) is -2.41. The second-order valence-corrected chi connectivity index (χ2v) is 4.84. The molecule has 0 aromatic carbocycles. The van der Waals surface area contributed by atoms with E-state index in [2.05, 4.69) is 4.37 Å². The van der Waals surface area contributed by atoms with Gasteiger partial charge in [0, 0.05) is 0 Å². The highest BCUT2D eigenvalue weighted by Gasteiger charge is 2.19. The molecule has 1 aromatic rings. The number of aromatic nitrogens is 1. The molecule has 0 aliphatic carbocycles. The number of hydrogen-bond donors (Lipinski definition) is 0. The maximum Gasteiger partial charge on any atom is 0.289 e. The standard InChI is InChI=1S/C8H8F2N2OS2/c1-4(2)13-6-5(3-11)7(15-12-6)14-8(9)10/h4,8H,1-2H3. The second-order valence-electron chi connectivity index (χ2n) is 2.81. The van der Waals surface area contributed by atoms with Gasteiger partial charge in [-0.15, -0.1) is 0 Å². The van der Waals surface area contributed by atoms with Crippen molar-refractivity contribution in [2.75, 3.05) is 0 Å². The number of hydrogen-bond acceptors (Lipinski definition) is 5. The highest BCUT2D eigenvalue weighted by Crippen LogP contribution is 2.36. The van der Waals surface area contributed by atoms with Crippen LogP contribution in [0.4, 0.5) is 8.78 Å². The quantitative estimate of drug-likeness (QED) is 0.770. The lowest BCUT2D eigenvalue weighted by atomic mass is 10.4. The molecule has 7 heteroatoms. The van der Waals surface area contributed by atoms with Crippen LogP contribution < -0.4 is 4.74 Å². The summed E-state index contributed by atoms with van der Waals surface area (Å²) in [4.78, 5) is 0. The maximum atomic E-state index is 12.1. The molecule has 0 amide bonds. The van der Waals surface area contributed by atoms with Gasteiger partial charge in [0.2, 0.25) is 5.88 Å². The molecule has 0 atom stereocenters. The number of ether oxygens (including phenoxy) is 1. The molecule has 1 heterocycles. The van der Waals surface area contributed by atoms with E-state index in [0.29, 0.717) is 11.8 Å². The van der Waals surface area contributed by atoms with Gasteiger partial charge in [0.15, 0.2) is 0 Å². The van der Waals surface area contributed by atoms with Gasteiger partial charge in [-0.3, -0.25) is 0 Å². The SMILES string of the molecule is CC(C)Oc1nsc(SC(F)F)c1C#N. The van der Waals surface area contributed by atoms with Crippen LogP contribution in [0.25, 0.3) is 0 Å². The zero-order chi connectivity index (χ0) is 11.4. The second kappa shape index (κ2) is 5.28. The summed E-state index contributed by atoms with van der Waals surface area (Å²) < 4.78 is 33.4.